The first-order valence-corrected chi connectivity index (χ1v) is 8.10. The molecule has 1 spiro atoms. The van der Waals surface area contributed by atoms with Gasteiger partial charge in [0.15, 0.2) is 5.96 Å². The first kappa shape index (κ1) is 19.5. The van der Waals surface area contributed by atoms with E-state index < -0.39 is 0 Å². The van der Waals surface area contributed by atoms with Gasteiger partial charge in [0, 0.05) is 38.6 Å². The van der Waals surface area contributed by atoms with Gasteiger partial charge in [0.1, 0.15) is 0 Å². The summed E-state index contributed by atoms with van der Waals surface area (Å²) in [4.78, 5) is 18.5. The Hall–Kier alpha value is -0.530. The van der Waals surface area contributed by atoms with Crippen LogP contribution in [-0.2, 0) is 4.79 Å². The zero-order chi connectivity index (χ0) is 15.5. The standard InChI is InChI=1S/C16H30N4O.HI/c1-15(2,3)13(21)18-9-10-19-14(17-4)20-11-8-16(12-20)6-5-7-16;/h5-12H2,1-4H3,(H,17,19)(H,18,21);1H. The van der Waals surface area contributed by atoms with Crippen LogP contribution in [0.4, 0.5) is 0 Å². The molecule has 2 aliphatic rings. The molecule has 5 nitrogen and oxygen atoms in total. The minimum Gasteiger partial charge on any atom is -0.354 e. The smallest absolute Gasteiger partial charge is 0.225 e. The van der Waals surface area contributed by atoms with Crippen LogP contribution in [0.15, 0.2) is 4.99 Å². The molecule has 128 valence electrons. The summed E-state index contributed by atoms with van der Waals surface area (Å²) in [5.74, 6) is 1.07. The van der Waals surface area contributed by atoms with Gasteiger partial charge in [-0.05, 0) is 24.7 Å². The molecule has 1 aliphatic carbocycles. The van der Waals surface area contributed by atoms with Gasteiger partial charge in [0.05, 0.1) is 0 Å². The van der Waals surface area contributed by atoms with Crippen molar-refractivity contribution in [2.24, 2.45) is 15.8 Å². The largest absolute Gasteiger partial charge is 0.354 e. The molecule has 2 N–H and O–H groups in total. The molecule has 6 heteroatoms. The van der Waals surface area contributed by atoms with Crippen LogP contribution in [0.25, 0.3) is 0 Å². The Bertz CT molecular complexity index is 413. The number of hydrogen-bond acceptors (Lipinski definition) is 2. The van der Waals surface area contributed by atoms with E-state index in [0.29, 0.717) is 12.0 Å². The molecule has 0 radical (unpaired) electrons. The van der Waals surface area contributed by atoms with Gasteiger partial charge in [-0.2, -0.15) is 0 Å². The van der Waals surface area contributed by atoms with E-state index in [0.717, 1.165) is 25.6 Å². The number of nitrogens with one attached hydrogen (secondary N) is 2. The Kier molecular flexibility index (Phi) is 6.95. The maximum Gasteiger partial charge on any atom is 0.225 e. The van der Waals surface area contributed by atoms with E-state index in [4.69, 9.17) is 0 Å². The van der Waals surface area contributed by atoms with Gasteiger partial charge in [-0.15, -0.1) is 24.0 Å². The van der Waals surface area contributed by atoms with E-state index in [-0.39, 0.29) is 35.3 Å². The van der Waals surface area contributed by atoms with E-state index in [2.05, 4.69) is 20.5 Å². The van der Waals surface area contributed by atoms with Crippen LogP contribution in [0.5, 0.6) is 0 Å². The van der Waals surface area contributed by atoms with Crippen molar-refractivity contribution in [2.45, 2.75) is 46.5 Å². The molecule has 0 aromatic rings. The molecular weight excluding hydrogens is 391 g/mol. The van der Waals surface area contributed by atoms with Gasteiger partial charge in [0.25, 0.3) is 0 Å². The van der Waals surface area contributed by atoms with Crippen molar-refractivity contribution in [1.29, 1.82) is 0 Å². The zero-order valence-electron chi connectivity index (χ0n) is 14.4. The fourth-order valence-electron chi connectivity index (χ4n) is 3.15. The Balaban J connectivity index is 0.00000242. The van der Waals surface area contributed by atoms with Crippen LogP contribution >= 0.6 is 24.0 Å². The molecule has 1 amide bonds. The molecule has 0 atom stereocenters. The zero-order valence-corrected chi connectivity index (χ0v) is 16.7. The average molecular weight is 422 g/mol. The molecule has 0 bridgehead atoms. The highest BCUT2D eigenvalue weighted by atomic mass is 127. The number of halogens is 1. The summed E-state index contributed by atoms with van der Waals surface area (Å²) >= 11 is 0. The molecule has 0 aromatic heterocycles. The van der Waals surface area contributed by atoms with Gasteiger partial charge in [-0.3, -0.25) is 9.79 Å². The van der Waals surface area contributed by atoms with E-state index in [1.807, 2.05) is 27.8 Å². The number of nitrogens with zero attached hydrogens (tertiary/aromatic N) is 2. The van der Waals surface area contributed by atoms with Gasteiger partial charge in [-0.25, -0.2) is 0 Å². The summed E-state index contributed by atoms with van der Waals surface area (Å²) in [5.41, 5.74) is 0.255. The average Bonchev–Trinajstić information content (AvgIpc) is 2.82. The van der Waals surface area contributed by atoms with Crippen LogP contribution < -0.4 is 10.6 Å². The topological polar surface area (TPSA) is 56.7 Å². The van der Waals surface area contributed by atoms with Crippen LogP contribution in [0.1, 0.15) is 46.5 Å². The summed E-state index contributed by atoms with van der Waals surface area (Å²) in [6.07, 6.45) is 5.44. The summed E-state index contributed by atoms with van der Waals surface area (Å²) < 4.78 is 0. The monoisotopic (exact) mass is 422 g/mol. The Morgan fingerprint density at radius 3 is 2.27 bits per heavy atom. The van der Waals surface area contributed by atoms with Crippen molar-refractivity contribution < 1.29 is 4.79 Å². The number of aliphatic imine (C=N–C) groups is 1. The highest BCUT2D eigenvalue weighted by molar-refractivity contribution is 14.0. The fraction of sp³-hybridized carbons (Fsp3) is 0.875. The maximum absolute atomic E-state index is 11.8. The Morgan fingerprint density at radius 1 is 1.18 bits per heavy atom. The molecule has 2 fully saturated rings. The summed E-state index contributed by atoms with van der Waals surface area (Å²) in [5, 5.41) is 6.32. The number of rotatable bonds is 3. The predicted octanol–water partition coefficient (Wildman–Crippen LogP) is 2.22. The van der Waals surface area contributed by atoms with Gasteiger partial charge < -0.3 is 15.5 Å². The first-order chi connectivity index (χ1) is 9.86. The highest BCUT2D eigenvalue weighted by Crippen LogP contribution is 2.47. The number of amides is 1. The SMILES string of the molecule is CN=C(NCCNC(=O)C(C)(C)C)N1CCC2(CCC2)C1.I. The second-order valence-electron chi connectivity index (χ2n) is 7.50. The van der Waals surface area contributed by atoms with Crippen molar-refractivity contribution in [1.82, 2.24) is 15.5 Å². The van der Waals surface area contributed by atoms with Gasteiger partial charge in [-0.1, -0.05) is 27.2 Å². The molecular formula is C16H31IN4O. The molecule has 22 heavy (non-hydrogen) atoms. The minimum absolute atomic E-state index is 0. The van der Waals surface area contributed by atoms with Crippen molar-refractivity contribution in [2.75, 3.05) is 33.2 Å². The van der Waals surface area contributed by atoms with E-state index in [1.165, 1.54) is 25.7 Å². The first-order valence-electron chi connectivity index (χ1n) is 8.10. The number of carbonyl (C=O) groups excluding carboxylic acids is 1. The number of guanidine groups is 1. The normalized spacial score (nSPS) is 20.4. The van der Waals surface area contributed by atoms with Crippen molar-refractivity contribution in [3.8, 4) is 0 Å². The van der Waals surface area contributed by atoms with Crippen molar-refractivity contribution >= 4 is 35.8 Å². The molecule has 1 saturated heterocycles. The molecule has 1 saturated carbocycles. The van der Waals surface area contributed by atoms with Crippen molar-refractivity contribution in [3.63, 3.8) is 0 Å². The second kappa shape index (κ2) is 7.84. The van der Waals surface area contributed by atoms with E-state index in [9.17, 15) is 4.79 Å². The van der Waals surface area contributed by atoms with Crippen LogP contribution in [-0.4, -0.2) is 50.0 Å². The lowest BCUT2D eigenvalue weighted by molar-refractivity contribution is -0.128. The van der Waals surface area contributed by atoms with Crippen LogP contribution in [0.3, 0.4) is 0 Å². The Morgan fingerprint density at radius 2 is 1.82 bits per heavy atom. The third kappa shape index (κ3) is 4.73. The summed E-state index contributed by atoms with van der Waals surface area (Å²) in [6.45, 7) is 9.38. The molecule has 1 heterocycles. The Labute approximate surface area is 151 Å². The summed E-state index contributed by atoms with van der Waals surface area (Å²) in [6, 6.07) is 0. The number of carbonyl (C=O) groups is 1. The molecule has 0 aromatic carbocycles. The lowest BCUT2D eigenvalue weighted by Gasteiger charge is -2.38. The molecule has 2 rings (SSSR count). The van der Waals surface area contributed by atoms with Gasteiger partial charge in [0.2, 0.25) is 5.91 Å². The van der Waals surface area contributed by atoms with E-state index >= 15 is 0 Å². The van der Waals surface area contributed by atoms with Crippen LogP contribution in [0.2, 0.25) is 0 Å². The number of hydrogen-bond donors (Lipinski definition) is 2. The van der Waals surface area contributed by atoms with Gasteiger partial charge >= 0.3 is 0 Å². The third-order valence-corrected chi connectivity index (χ3v) is 4.74. The van der Waals surface area contributed by atoms with Crippen LogP contribution in [0, 0.1) is 10.8 Å². The van der Waals surface area contributed by atoms with E-state index in [1.54, 1.807) is 0 Å². The predicted molar refractivity (Wildman–Crippen MR) is 102 cm³/mol. The fourth-order valence-corrected chi connectivity index (χ4v) is 3.15. The maximum atomic E-state index is 11.8. The lowest BCUT2D eigenvalue weighted by Crippen LogP contribution is -2.45. The van der Waals surface area contributed by atoms with Crippen molar-refractivity contribution in [3.05, 3.63) is 0 Å². The lowest BCUT2D eigenvalue weighted by atomic mass is 9.68. The molecule has 1 aliphatic heterocycles. The molecule has 0 unspecified atom stereocenters. The quantitative estimate of drug-likeness (QED) is 0.318. The summed E-state index contributed by atoms with van der Waals surface area (Å²) in [7, 11) is 1.84. The minimum atomic E-state index is -0.326. The highest BCUT2D eigenvalue weighted by Gasteiger charge is 2.43. The second-order valence-corrected chi connectivity index (χ2v) is 7.50. The third-order valence-electron chi connectivity index (χ3n) is 4.74. The number of likely N-dealkylation sites (tertiary alicyclic amines) is 1.